The molecule has 122 valence electrons. The van der Waals surface area contributed by atoms with Gasteiger partial charge in [-0.1, -0.05) is 11.6 Å². The van der Waals surface area contributed by atoms with Crippen LogP contribution in [-0.4, -0.2) is 51.2 Å². The highest BCUT2D eigenvalue weighted by Gasteiger charge is 2.30. The monoisotopic (exact) mass is 346 g/mol. The van der Waals surface area contributed by atoms with Crippen LogP contribution in [0.2, 0.25) is 5.02 Å². The van der Waals surface area contributed by atoms with E-state index in [1.54, 1.807) is 29.2 Å². The van der Waals surface area contributed by atoms with E-state index in [4.69, 9.17) is 16.3 Å². The molecule has 1 heterocycles. The lowest BCUT2D eigenvalue weighted by Gasteiger charge is -2.31. The van der Waals surface area contributed by atoms with Crippen molar-refractivity contribution in [2.45, 2.75) is 18.1 Å². The molecule has 1 aromatic carbocycles. The molecule has 0 unspecified atom stereocenters. The SMILES string of the molecule is CNS(=O)(=O)C1CCN(C(=O)COc2ccc(Cl)cc2)CC1. The summed E-state index contributed by atoms with van der Waals surface area (Å²) < 4.78 is 31.2. The van der Waals surface area contributed by atoms with E-state index < -0.39 is 15.3 Å². The molecule has 1 N–H and O–H groups in total. The quantitative estimate of drug-likeness (QED) is 0.870. The Morgan fingerprint density at radius 3 is 2.45 bits per heavy atom. The Bertz CT molecular complexity index is 610. The number of ether oxygens (including phenoxy) is 1. The van der Waals surface area contributed by atoms with Gasteiger partial charge in [0.15, 0.2) is 6.61 Å². The summed E-state index contributed by atoms with van der Waals surface area (Å²) in [5.74, 6) is 0.431. The topological polar surface area (TPSA) is 75.7 Å². The minimum absolute atomic E-state index is 0.0644. The molecule has 0 atom stereocenters. The minimum atomic E-state index is -3.26. The first-order valence-electron chi connectivity index (χ1n) is 7.01. The minimum Gasteiger partial charge on any atom is -0.484 e. The number of halogens is 1. The van der Waals surface area contributed by atoms with Crippen molar-refractivity contribution < 1.29 is 17.9 Å². The van der Waals surface area contributed by atoms with E-state index in [2.05, 4.69) is 4.72 Å². The van der Waals surface area contributed by atoms with Gasteiger partial charge in [0.25, 0.3) is 5.91 Å². The van der Waals surface area contributed by atoms with Crippen LogP contribution in [0.4, 0.5) is 0 Å². The number of likely N-dealkylation sites (tertiary alicyclic amines) is 1. The van der Waals surface area contributed by atoms with Crippen molar-refractivity contribution in [3.8, 4) is 5.75 Å². The van der Waals surface area contributed by atoms with E-state index in [0.29, 0.717) is 36.7 Å². The van der Waals surface area contributed by atoms with Gasteiger partial charge in [0, 0.05) is 18.1 Å². The van der Waals surface area contributed by atoms with Crippen LogP contribution in [-0.2, 0) is 14.8 Å². The number of hydrogen-bond donors (Lipinski definition) is 1. The zero-order valence-corrected chi connectivity index (χ0v) is 13.9. The van der Waals surface area contributed by atoms with Crippen LogP contribution in [0.5, 0.6) is 5.75 Å². The number of sulfonamides is 1. The second-order valence-electron chi connectivity index (χ2n) is 5.07. The van der Waals surface area contributed by atoms with Crippen molar-refractivity contribution in [1.82, 2.24) is 9.62 Å². The Balaban J connectivity index is 1.81. The third kappa shape index (κ3) is 4.34. The molecular formula is C14H19ClN2O4S. The first-order valence-corrected chi connectivity index (χ1v) is 8.93. The highest BCUT2D eigenvalue weighted by Crippen LogP contribution is 2.18. The molecule has 1 amide bonds. The van der Waals surface area contributed by atoms with Crippen molar-refractivity contribution in [2.75, 3.05) is 26.7 Å². The Morgan fingerprint density at radius 2 is 1.91 bits per heavy atom. The van der Waals surface area contributed by atoms with E-state index in [9.17, 15) is 13.2 Å². The van der Waals surface area contributed by atoms with Crippen LogP contribution in [0.15, 0.2) is 24.3 Å². The largest absolute Gasteiger partial charge is 0.484 e. The van der Waals surface area contributed by atoms with Gasteiger partial charge in [0.2, 0.25) is 10.0 Å². The van der Waals surface area contributed by atoms with Gasteiger partial charge >= 0.3 is 0 Å². The molecule has 1 aromatic rings. The molecule has 8 heteroatoms. The standard InChI is InChI=1S/C14H19ClN2O4S/c1-16-22(19,20)13-6-8-17(9-7-13)14(18)10-21-12-4-2-11(15)3-5-12/h2-5,13,16H,6-10H2,1H3. The van der Waals surface area contributed by atoms with Crippen molar-refractivity contribution in [3.05, 3.63) is 29.3 Å². The maximum Gasteiger partial charge on any atom is 0.260 e. The molecule has 0 bridgehead atoms. The van der Waals surface area contributed by atoms with Gasteiger partial charge < -0.3 is 9.64 Å². The van der Waals surface area contributed by atoms with Gasteiger partial charge in [-0.05, 0) is 44.2 Å². The number of nitrogens with one attached hydrogen (secondary N) is 1. The Morgan fingerprint density at radius 1 is 1.32 bits per heavy atom. The van der Waals surface area contributed by atoms with E-state index in [1.165, 1.54) is 7.05 Å². The molecular weight excluding hydrogens is 328 g/mol. The highest BCUT2D eigenvalue weighted by atomic mass is 35.5. The van der Waals surface area contributed by atoms with Gasteiger partial charge in [-0.15, -0.1) is 0 Å². The fourth-order valence-electron chi connectivity index (χ4n) is 2.35. The van der Waals surface area contributed by atoms with Crippen LogP contribution in [0, 0.1) is 0 Å². The number of nitrogens with zero attached hydrogens (tertiary/aromatic N) is 1. The number of carbonyl (C=O) groups excluding carboxylic acids is 1. The van der Waals surface area contributed by atoms with Crippen LogP contribution in [0.25, 0.3) is 0 Å². The van der Waals surface area contributed by atoms with Gasteiger partial charge in [0.05, 0.1) is 5.25 Å². The number of amides is 1. The first-order chi connectivity index (χ1) is 10.4. The summed E-state index contributed by atoms with van der Waals surface area (Å²) >= 11 is 5.77. The molecule has 1 fully saturated rings. The van der Waals surface area contributed by atoms with Gasteiger partial charge in [-0.25, -0.2) is 13.1 Å². The molecule has 1 aliphatic rings. The summed E-state index contributed by atoms with van der Waals surface area (Å²) in [6, 6.07) is 6.77. The maximum atomic E-state index is 12.1. The molecule has 6 nitrogen and oxygen atoms in total. The lowest BCUT2D eigenvalue weighted by atomic mass is 10.1. The van der Waals surface area contributed by atoms with Crippen LogP contribution < -0.4 is 9.46 Å². The molecule has 0 radical (unpaired) electrons. The Kier molecular flexibility index (Phi) is 5.66. The number of rotatable bonds is 5. The molecule has 0 aromatic heterocycles. The average Bonchev–Trinajstić information content (AvgIpc) is 2.54. The number of carbonyl (C=O) groups is 1. The molecule has 0 saturated carbocycles. The highest BCUT2D eigenvalue weighted by molar-refractivity contribution is 7.90. The van der Waals surface area contributed by atoms with Crippen LogP contribution in [0.3, 0.4) is 0 Å². The summed E-state index contributed by atoms with van der Waals surface area (Å²) in [6.07, 6.45) is 0.881. The summed E-state index contributed by atoms with van der Waals surface area (Å²) in [5, 5.41) is 0.172. The summed E-state index contributed by atoms with van der Waals surface area (Å²) in [6.45, 7) is 0.786. The molecule has 22 heavy (non-hydrogen) atoms. The van der Waals surface area contributed by atoms with Crippen molar-refractivity contribution in [1.29, 1.82) is 0 Å². The normalized spacial score (nSPS) is 16.5. The molecule has 1 aliphatic heterocycles. The van der Waals surface area contributed by atoms with Crippen LogP contribution in [0.1, 0.15) is 12.8 Å². The predicted molar refractivity (Wildman–Crippen MR) is 84.5 cm³/mol. The van der Waals surface area contributed by atoms with Crippen LogP contribution >= 0.6 is 11.6 Å². The van der Waals surface area contributed by atoms with Gasteiger partial charge in [0.1, 0.15) is 5.75 Å². The number of hydrogen-bond acceptors (Lipinski definition) is 4. The van der Waals surface area contributed by atoms with Gasteiger partial charge in [-0.2, -0.15) is 0 Å². The number of piperidine rings is 1. The second kappa shape index (κ2) is 7.30. The smallest absolute Gasteiger partial charge is 0.260 e. The molecule has 2 rings (SSSR count). The lowest BCUT2D eigenvalue weighted by molar-refractivity contribution is -0.134. The maximum absolute atomic E-state index is 12.1. The fraction of sp³-hybridized carbons (Fsp3) is 0.500. The van der Waals surface area contributed by atoms with Gasteiger partial charge in [-0.3, -0.25) is 4.79 Å². The third-order valence-corrected chi connectivity index (χ3v) is 5.86. The summed E-state index contributed by atoms with van der Waals surface area (Å²) in [7, 11) is -1.85. The summed E-state index contributed by atoms with van der Waals surface area (Å²) in [4.78, 5) is 13.7. The van der Waals surface area contributed by atoms with E-state index in [1.807, 2.05) is 0 Å². The van der Waals surface area contributed by atoms with Crippen molar-refractivity contribution >= 4 is 27.5 Å². The first kappa shape index (κ1) is 17.1. The fourth-order valence-corrected chi connectivity index (χ4v) is 3.64. The molecule has 0 spiro atoms. The molecule has 0 aliphatic carbocycles. The van der Waals surface area contributed by atoms with Crippen molar-refractivity contribution in [2.24, 2.45) is 0 Å². The lowest BCUT2D eigenvalue weighted by Crippen LogP contribution is -2.46. The Hall–Kier alpha value is -1.31. The second-order valence-corrected chi connectivity index (χ2v) is 7.67. The number of benzene rings is 1. The van der Waals surface area contributed by atoms with E-state index in [0.717, 1.165) is 0 Å². The third-order valence-electron chi connectivity index (χ3n) is 3.69. The van der Waals surface area contributed by atoms with Crippen molar-refractivity contribution in [3.63, 3.8) is 0 Å². The zero-order chi connectivity index (χ0) is 16.2. The Labute approximate surface area is 135 Å². The van der Waals surface area contributed by atoms with E-state index in [-0.39, 0.29) is 12.5 Å². The molecule has 1 saturated heterocycles. The zero-order valence-electron chi connectivity index (χ0n) is 12.3. The average molecular weight is 347 g/mol. The summed E-state index contributed by atoms with van der Waals surface area (Å²) in [5.41, 5.74) is 0. The van der Waals surface area contributed by atoms with E-state index >= 15 is 0 Å². The predicted octanol–water partition coefficient (Wildman–Crippen LogP) is 1.26.